The molecule has 0 radical (unpaired) electrons. The standard InChI is InChI=1S/C8H13FO/c1-6(5-7(2)10)8(3,4)9/h5H,1-4H3/b6-5-. The van der Waals surface area contributed by atoms with Crippen LogP contribution >= 0.6 is 0 Å². The van der Waals surface area contributed by atoms with Gasteiger partial charge in [0.15, 0.2) is 5.78 Å². The molecule has 0 rings (SSSR count). The fourth-order valence-electron chi connectivity index (χ4n) is 0.477. The minimum Gasteiger partial charge on any atom is -0.295 e. The number of hydrogen-bond acceptors (Lipinski definition) is 1. The summed E-state index contributed by atoms with van der Waals surface area (Å²) < 4.78 is 12.9. The van der Waals surface area contributed by atoms with Crippen LogP contribution in [0.25, 0.3) is 0 Å². The molecule has 1 nitrogen and oxygen atoms in total. The quantitative estimate of drug-likeness (QED) is 0.543. The molecule has 0 aromatic carbocycles. The lowest BCUT2D eigenvalue weighted by molar-refractivity contribution is -0.112. The molecule has 0 aromatic rings. The van der Waals surface area contributed by atoms with Crippen molar-refractivity contribution >= 4 is 5.78 Å². The van der Waals surface area contributed by atoms with Gasteiger partial charge in [0.25, 0.3) is 0 Å². The zero-order chi connectivity index (χ0) is 8.36. The van der Waals surface area contributed by atoms with E-state index in [4.69, 9.17) is 0 Å². The van der Waals surface area contributed by atoms with E-state index < -0.39 is 5.67 Å². The molecule has 10 heavy (non-hydrogen) atoms. The van der Waals surface area contributed by atoms with E-state index in [9.17, 15) is 9.18 Å². The topological polar surface area (TPSA) is 17.1 Å². The van der Waals surface area contributed by atoms with Gasteiger partial charge in [0.05, 0.1) is 0 Å². The molecule has 0 aliphatic rings. The Hall–Kier alpha value is -0.660. The molecule has 2 heteroatoms. The predicted octanol–water partition coefficient (Wildman–Crippen LogP) is 2.27. The smallest absolute Gasteiger partial charge is 0.152 e. The van der Waals surface area contributed by atoms with Crippen LogP contribution in [0.4, 0.5) is 4.39 Å². The molecule has 0 aliphatic heterocycles. The number of carbonyl (C=O) groups is 1. The highest BCUT2D eigenvalue weighted by molar-refractivity contribution is 5.88. The number of allylic oxidation sites excluding steroid dienone is 2. The zero-order valence-corrected chi connectivity index (χ0v) is 6.86. The van der Waals surface area contributed by atoms with E-state index in [0.717, 1.165) is 0 Å². The predicted molar refractivity (Wildman–Crippen MR) is 39.6 cm³/mol. The van der Waals surface area contributed by atoms with Gasteiger partial charge in [0.1, 0.15) is 5.67 Å². The van der Waals surface area contributed by atoms with Crippen LogP contribution in [0.2, 0.25) is 0 Å². The van der Waals surface area contributed by atoms with Gasteiger partial charge >= 0.3 is 0 Å². The molecule has 0 unspecified atom stereocenters. The normalized spacial score (nSPS) is 13.5. The Balaban J connectivity index is 4.35. The van der Waals surface area contributed by atoms with Crippen LogP contribution in [0.15, 0.2) is 11.6 Å². The maximum absolute atomic E-state index is 12.9. The molecule has 0 atom stereocenters. The van der Waals surface area contributed by atoms with Gasteiger partial charge in [0, 0.05) is 0 Å². The largest absolute Gasteiger partial charge is 0.295 e. The molecule has 0 spiro atoms. The van der Waals surface area contributed by atoms with E-state index >= 15 is 0 Å². The Morgan fingerprint density at radius 2 is 1.80 bits per heavy atom. The summed E-state index contributed by atoms with van der Waals surface area (Å²) >= 11 is 0. The molecule has 0 aromatic heterocycles. The monoisotopic (exact) mass is 144 g/mol. The maximum Gasteiger partial charge on any atom is 0.152 e. The van der Waals surface area contributed by atoms with Gasteiger partial charge in [-0.15, -0.1) is 0 Å². The van der Waals surface area contributed by atoms with Gasteiger partial charge in [-0.1, -0.05) is 0 Å². The molecule has 0 saturated carbocycles. The SMILES string of the molecule is CC(=O)/C=C(/C)C(C)(C)F. The number of carbonyl (C=O) groups excluding carboxylic acids is 1. The van der Waals surface area contributed by atoms with Crippen molar-refractivity contribution in [1.29, 1.82) is 0 Å². The van der Waals surface area contributed by atoms with Crippen molar-refractivity contribution in [2.45, 2.75) is 33.4 Å². The number of halogens is 1. The molecule has 58 valence electrons. The van der Waals surface area contributed by atoms with Crippen LogP contribution in [0.3, 0.4) is 0 Å². The summed E-state index contributed by atoms with van der Waals surface area (Å²) in [5, 5.41) is 0. The third kappa shape index (κ3) is 3.38. The van der Waals surface area contributed by atoms with E-state index in [1.54, 1.807) is 6.92 Å². The molecule has 0 bridgehead atoms. The first-order valence-corrected chi connectivity index (χ1v) is 3.22. The summed E-state index contributed by atoms with van der Waals surface area (Å²) in [5.74, 6) is -0.108. The summed E-state index contributed by atoms with van der Waals surface area (Å²) in [7, 11) is 0. The molecular weight excluding hydrogens is 131 g/mol. The van der Waals surface area contributed by atoms with Crippen molar-refractivity contribution in [3.63, 3.8) is 0 Å². The molecular formula is C8H13FO. The third-order valence-corrected chi connectivity index (χ3v) is 1.36. The molecule has 0 aliphatic carbocycles. The second kappa shape index (κ2) is 2.95. The van der Waals surface area contributed by atoms with Crippen LogP contribution in [0, 0.1) is 0 Å². The van der Waals surface area contributed by atoms with Crippen molar-refractivity contribution in [2.75, 3.05) is 0 Å². The Labute approximate surface area is 60.9 Å². The number of alkyl halides is 1. The van der Waals surface area contributed by atoms with Gasteiger partial charge in [-0.3, -0.25) is 4.79 Å². The minimum absolute atomic E-state index is 0.108. The lowest BCUT2D eigenvalue weighted by Gasteiger charge is -2.13. The first kappa shape index (κ1) is 9.34. The summed E-state index contributed by atoms with van der Waals surface area (Å²) in [4.78, 5) is 10.5. The average molecular weight is 144 g/mol. The van der Waals surface area contributed by atoms with E-state index in [2.05, 4.69) is 0 Å². The lowest BCUT2D eigenvalue weighted by atomic mass is 10.0. The van der Waals surface area contributed by atoms with Gasteiger partial charge in [-0.2, -0.15) is 0 Å². The molecule has 0 saturated heterocycles. The first-order valence-electron chi connectivity index (χ1n) is 3.22. The van der Waals surface area contributed by atoms with E-state index in [-0.39, 0.29) is 5.78 Å². The van der Waals surface area contributed by atoms with Gasteiger partial charge in [0.2, 0.25) is 0 Å². The highest BCUT2D eigenvalue weighted by Gasteiger charge is 2.17. The van der Waals surface area contributed by atoms with Crippen molar-refractivity contribution in [3.8, 4) is 0 Å². The van der Waals surface area contributed by atoms with Crippen molar-refractivity contribution in [2.24, 2.45) is 0 Å². The second-order valence-corrected chi connectivity index (χ2v) is 2.91. The number of ketones is 1. The Morgan fingerprint density at radius 1 is 1.40 bits per heavy atom. The van der Waals surface area contributed by atoms with Crippen LogP contribution < -0.4 is 0 Å². The second-order valence-electron chi connectivity index (χ2n) is 2.91. The Morgan fingerprint density at radius 3 is 1.90 bits per heavy atom. The van der Waals surface area contributed by atoms with E-state index in [0.29, 0.717) is 5.57 Å². The van der Waals surface area contributed by atoms with E-state index in [1.807, 2.05) is 0 Å². The van der Waals surface area contributed by atoms with E-state index in [1.165, 1.54) is 26.8 Å². The molecule has 0 N–H and O–H groups in total. The fourth-order valence-corrected chi connectivity index (χ4v) is 0.477. The average Bonchev–Trinajstić information content (AvgIpc) is 1.60. The van der Waals surface area contributed by atoms with Crippen molar-refractivity contribution in [1.82, 2.24) is 0 Å². The lowest BCUT2D eigenvalue weighted by Crippen LogP contribution is -2.14. The highest BCUT2D eigenvalue weighted by Crippen LogP contribution is 2.19. The van der Waals surface area contributed by atoms with Crippen molar-refractivity contribution < 1.29 is 9.18 Å². The van der Waals surface area contributed by atoms with Gasteiger partial charge in [-0.05, 0) is 39.3 Å². The molecule has 0 amide bonds. The Kier molecular flexibility index (Phi) is 2.76. The van der Waals surface area contributed by atoms with Crippen LogP contribution in [0.5, 0.6) is 0 Å². The summed E-state index contributed by atoms with van der Waals surface area (Å²) in [5.41, 5.74) is -0.897. The molecule has 0 heterocycles. The summed E-state index contributed by atoms with van der Waals surface area (Å²) in [6.07, 6.45) is 1.32. The maximum atomic E-state index is 12.9. The van der Waals surface area contributed by atoms with Crippen LogP contribution in [-0.2, 0) is 4.79 Å². The van der Waals surface area contributed by atoms with Crippen molar-refractivity contribution in [3.05, 3.63) is 11.6 Å². The fraction of sp³-hybridized carbons (Fsp3) is 0.625. The summed E-state index contributed by atoms with van der Waals surface area (Å²) in [6.45, 7) is 5.89. The third-order valence-electron chi connectivity index (χ3n) is 1.36. The molecule has 0 fully saturated rings. The number of hydrogen-bond donors (Lipinski definition) is 0. The van der Waals surface area contributed by atoms with Crippen LogP contribution in [-0.4, -0.2) is 11.5 Å². The van der Waals surface area contributed by atoms with Crippen LogP contribution in [0.1, 0.15) is 27.7 Å². The minimum atomic E-state index is -1.37. The number of rotatable bonds is 2. The first-order chi connectivity index (χ1) is 4.34. The summed E-state index contributed by atoms with van der Waals surface area (Å²) in [6, 6.07) is 0. The van der Waals surface area contributed by atoms with Gasteiger partial charge < -0.3 is 0 Å². The zero-order valence-electron chi connectivity index (χ0n) is 6.86. The highest BCUT2D eigenvalue weighted by atomic mass is 19.1. The van der Waals surface area contributed by atoms with Gasteiger partial charge in [-0.25, -0.2) is 4.39 Å². The Bertz CT molecular complexity index is 163.